The fourth-order valence-electron chi connectivity index (χ4n) is 0.0933. The Morgan fingerprint density at radius 1 is 1.71 bits per heavy atom. The highest BCUT2D eigenvalue weighted by Crippen LogP contribution is 1.59. The van der Waals surface area contributed by atoms with Crippen molar-refractivity contribution in [3.8, 4) is 23.8 Å². The van der Waals surface area contributed by atoms with Crippen molar-refractivity contribution in [1.82, 2.24) is 3.52 Å². The Morgan fingerprint density at radius 3 is 2.86 bits per heavy atom. The highest BCUT2D eigenvalue weighted by Gasteiger charge is 1.43. The zero-order valence-electron chi connectivity index (χ0n) is 4.53. The normalized spacial score (nSPS) is 6.14. The van der Waals surface area contributed by atoms with Crippen molar-refractivity contribution in [3.63, 3.8) is 0 Å². The molecule has 0 fully saturated rings. The van der Waals surface area contributed by atoms with Gasteiger partial charge in [-0.2, -0.15) is 6.92 Å². The average Bonchev–Trinajstić information content (AvgIpc) is 1.66. The average molecular weight is 206 g/mol. The molecule has 0 amide bonds. The van der Waals surface area contributed by atoms with Crippen molar-refractivity contribution < 1.29 is 1.41 Å². The highest BCUT2D eigenvalue weighted by molar-refractivity contribution is 14.1. The first-order valence-electron chi connectivity index (χ1n) is 1.94. The first-order valence-corrected chi connectivity index (χ1v) is 2.46. The zero-order chi connectivity index (χ0) is 6.41. The topological polar surface area (TPSA) is 12.0 Å². The summed E-state index contributed by atoms with van der Waals surface area (Å²) in [7, 11) is 0. The van der Waals surface area contributed by atoms with E-state index in [0.29, 0.717) is 0 Å². The fraction of sp³-hybridized carbons (Fsp3) is 0. The van der Waals surface area contributed by atoms with E-state index in [1.54, 1.807) is 22.9 Å². The fourth-order valence-corrected chi connectivity index (χ4v) is 0.214. The van der Waals surface area contributed by atoms with Crippen LogP contribution in [0.2, 0.25) is 1.41 Å². The van der Waals surface area contributed by atoms with Crippen LogP contribution in [0.25, 0.3) is 0 Å². The van der Waals surface area contributed by atoms with Gasteiger partial charge in [-0.05, 0) is 0 Å². The summed E-state index contributed by atoms with van der Waals surface area (Å²) >= 11 is 1.72. The summed E-state index contributed by atoms with van der Waals surface area (Å²) in [4.78, 5) is 0. The molecule has 7 heavy (non-hydrogen) atoms. The van der Waals surface area contributed by atoms with Gasteiger partial charge in [0, 0.05) is 6.04 Å². The van der Waals surface area contributed by atoms with Crippen LogP contribution in [-0.2, 0) is 0 Å². The van der Waals surface area contributed by atoms with Crippen molar-refractivity contribution in [1.29, 1.82) is 0 Å². The largest absolute Gasteiger partial charge is 0.288 e. The molecule has 0 bridgehead atoms. The number of hydrogen-bond acceptors (Lipinski definition) is 1. The lowest BCUT2D eigenvalue weighted by atomic mass is 10.6. The summed E-state index contributed by atoms with van der Waals surface area (Å²) in [6.45, 7) is 3.24. The third-order valence-electron chi connectivity index (χ3n) is 0.249. The van der Waals surface area contributed by atoms with Gasteiger partial charge < -0.3 is 0 Å². The van der Waals surface area contributed by atoms with E-state index in [1.807, 2.05) is 0 Å². The standard InChI is InChI=1S/C5H3IN/c1-2-3-4-5-7-6/h7H,1H2/q-1/i/hT. The van der Waals surface area contributed by atoms with E-state index >= 15 is 0 Å². The molecule has 0 aliphatic rings. The lowest BCUT2D eigenvalue weighted by Gasteiger charge is -1.71. The predicted octanol–water partition coefficient (Wildman–Crippen LogP) is 0.724. The van der Waals surface area contributed by atoms with Crippen LogP contribution in [-0.4, -0.2) is 0 Å². The van der Waals surface area contributed by atoms with Gasteiger partial charge in [-0.3, -0.25) is 9.44 Å². The Kier molecular flexibility index (Phi) is 3.69. The molecular weight excluding hydrogens is 201 g/mol. The molecule has 0 saturated carbocycles. The van der Waals surface area contributed by atoms with E-state index in [9.17, 15) is 0 Å². The third kappa shape index (κ3) is 5.52. The first kappa shape index (κ1) is 4.67. The van der Waals surface area contributed by atoms with Gasteiger partial charge in [-0.15, -0.1) is 5.92 Å². The minimum Gasteiger partial charge on any atom is -0.288 e. The maximum atomic E-state index is 6.71. The van der Waals surface area contributed by atoms with Crippen LogP contribution >= 0.6 is 22.9 Å². The Morgan fingerprint density at radius 2 is 2.43 bits per heavy atom. The number of nitrogens with one attached hydrogen (secondary N) is 1. The van der Waals surface area contributed by atoms with Gasteiger partial charge in [0.15, 0.2) is 1.41 Å². The Bertz CT molecular complexity index is 166. The summed E-state index contributed by atoms with van der Waals surface area (Å²) in [5.74, 6) is 7.12. The monoisotopic (exact) mass is 206 g/mol. The zero-order valence-corrected chi connectivity index (χ0v) is 5.69. The van der Waals surface area contributed by atoms with E-state index in [0.717, 1.165) is 3.52 Å². The molecule has 0 aliphatic carbocycles. The van der Waals surface area contributed by atoms with Crippen molar-refractivity contribution in [3.05, 3.63) is 6.92 Å². The highest BCUT2D eigenvalue weighted by atomic mass is 127. The van der Waals surface area contributed by atoms with Gasteiger partial charge in [0.25, 0.3) is 0 Å². The molecule has 2 heteroatoms. The van der Waals surface area contributed by atoms with Gasteiger partial charge >= 0.3 is 0 Å². The summed E-state index contributed by atoms with van der Waals surface area (Å²) in [5, 5.41) is 0. The van der Waals surface area contributed by atoms with Crippen molar-refractivity contribution in [2.75, 3.05) is 0 Å². The van der Waals surface area contributed by atoms with Crippen LogP contribution in [0.1, 0.15) is 0 Å². The third-order valence-corrected chi connectivity index (χ3v) is 0.490. The molecule has 36 valence electrons. The predicted molar refractivity (Wildman–Crippen MR) is 38.1 cm³/mol. The maximum Gasteiger partial charge on any atom is 0.183 e. The van der Waals surface area contributed by atoms with Crippen LogP contribution < -0.4 is 3.52 Å². The van der Waals surface area contributed by atoms with Gasteiger partial charge in [0.2, 0.25) is 0 Å². The summed E-state index contributed by atoms with van der Waals surface area (Å²) in [6, 6.07) is 2.37. The minimum atomic E-state index is 0.960. The molecule has 0 rings (SSSR count). The quantitative estimate of drug-likeness (QED) is 0.202. The van der Waals surface area contributed by atoms with E-state index in [2.05, 4.69) is 30.7 Å². The van der Waals surface area contributed by atoms with Gasteiger partial charge in [0.1, 0.15) is 0 Å². The Labute approximate surface area is 58.8 Å². The molecule has 0 aromatic rings. The molecule has 0 unspecified atom stereocenters. The van der Waals surface area contributed by atoms with Gasteiger partial charge in [-0.25, -0.2) is 5.92 Å². The molecule has 0 aliphatic heterocycles. The van der Waals surface area contributed by atoms with Gasteiger partial charge in [-0.1, -0.05) is 0 Å². The first-order chi connectivity index (χ1) is 3.77. The smallest absolute Gasteiger partial charge is 0.183 e. The number of halogens is 1. The van der Waals surface area contributed by atoms with Gasteiger partial charge in [0.05, 0.1) is 22.9 Å². The summed E-state index contributed by atoms with van der Waals surface area (Å²) in [5.41, 5.74) is 0. The molecule has 1 nitrogen and oxygen atoms in total. The molecule has 1 N–H and O–H groups in total. The second kappa shape index (κ2) is 5.52. The molecule has 0 saturated heterocycles. The van der Waals surface area contributed by atoms with E-state index in [-0.39, 0.29) is 0 Å². The van der Waals surface area contributed by atoms with Crippen molar-refractivity contribution in [2.24, 2.45) is 0 Å². The van der Waals surface area contributed by atoms with Crippen LogP contribution in [0.3, 0.4) is 0 Å². The van der Waals surface area contributed by atoms with E-state index in [1.165, 1.54) is 0 Å². The number of rotatable bonds is 0. The van der Waals surface area contributed by atoms with Crippen LogP contribution in [0, 0.1) is 30.7 Å². The summed E-state index contributed by atoms with van der Waals surface area (Å²) < 4.78 is 7.67. The SMILES string of the molecule is [3H]N(I)C#CC#C[CH2-]. The summed E-state index contributed by atoms with van der Waals surface area (Å²) in [6.07, 6.45) is 0. The molecule has 0 heterocycles. The van der Waals surface area contributed by atoms with E-state index in [4.69, 9.17) is 1.41 Å². The molecule has 0 atom stereocenters. The second-order valence-electron chi connectivity index (χ2n) is 0.623. The molecule has 0 radical (unpaired) electrons. The van der Waals surface area contributed by atoms with Crippen LogP contribution in [0.15, 0.2) is 0 Å². The van der Waals surface area contributed by atoms with Crippen LogP contribution in [0.4, 0.5) is 0 Å². The minimum absolute atomic E-state index is 0.960. The molecule has 0 aromatic carbocycles. The maximum absolute atomic E-state index is 6.71. The molecule has 0 spiro atoms. The number of hydrogen-bond donors (Lipinski definition) is 1. The van der Waals surface area contributed by atoms with Crippen molar-refractivity contribution >= 4 is 22.9 Å². The molecule has 0 aromatic heterocycles. The van der Waals surface area contributed by atoms with Crippen molar-refractivity contribution in [2.45, 2.75) is 0 Å². The Balaban J connectivity index is 3.62. The van der Waals surface area contributed by atoms with Crippen LogP contribution in [0.5, 0.6) is 0 Å². The lowest BCUT2D eigenvalue weighted by molar-refractivity contribution is 1.61. The van der Waals surface area contributed by atoms with E-state index < -0.39 is 0 Å². The molecular formula is C5H3IN-. The second-order valence-corrected chi connectivity index (χ2v) is 1.11. The lowest BCUT2D eigenvalue weighted by Crippen LogP contribution is -1.77. The Hall–Kier alpha value is -0.480.